The first-order chi connectivity index (χ1) is 10.6. The number of likely N-dealkylation sites (tertiary alicyclic amines) is 1. The number of fused-ring (bicyclic) bond motifs is 1. The third kappa shape index (κ3) is 3.19. The minimum absolute atomic E-state index is 0.278. The molecule has 5 heteroatoms. The lowest BCUT2D eigenvalue weighted by atomic mass is 9.99. The Balaban J connectivity index is 1.71. The maximum atomic E-state index is 14.0. The Bertz CT molecular complexity index is 640. The van der Waals surface area contributed by atoms with E-state index in [4.69, 9.17) is 0 Å². The van der Waals surface area contributed by atoms with Crippen LogP contribution in [0.4, 0.5) is 10.2 Å². The predicted molar refractivity (Wildman–Crippen MR) is 87.4 cm³/mol. The molecule has 22 heavy (non-hydrogen) atoms. The lowest BCUT2D eigenvalue weighted by molar-refractivity contribution is 0.144. The summed E-state index contributed by atoms with van der Waals surface area (Å²) < 4.78 is 14.0. The Labute approximate surface area is 130 Å². The molecule has 118 valence electrons. The first-order valence-electron chi connectivity index (χ1n) is 8.02. The van der Waals surface area contributed by atoms with Crippen molar-refractivity contribution in [1.82, 2.24) is 14.9 Å². The van der Waals surface area contributed by atoms with Crippen molar-refractivity contribution in [2.24, 2.45) is 5.92 Å². The second kappa shape index (κ2) is 6.57. The zero-order valence-electron chi connectivity index (χ0n) is 13.2. The van der Waals surface area contributed by atoms with Crippen LogP contribution in [0.3, 0.4) is 0 Å². The van der Waals surface area contributed by atoms with Crippen LogP contribution in [0.1, 0.15) is 26.7 Å². The second-order valence-corrected chi connectivity index (χ2v) is 6.33. The molecule has 0 spiro atoms. The molecule has 3 rings (SSSR count). The molecule has 2 heterocycles. The van der Waals surface area contributed by atoms with Gasteiger partial charge in [0.25, 0.3) is 0 Å². The standard InChI is InChI=1S/C17H23FN4/c1-12-5-4-8-22(10-12)13(2)9-19-17-16-14(18)6-3-7-15(16)20-11-21-17/h3,6-7,11-13H,4-5,8-10H2,1-2H3,(H,19,20,21). The normalized spacial score (nSPS) is 21.0. The maximum absolute atomic E-state index is 14.0. The van der Waals surface area contributed by atoms with Gasteiger partial charge in [0, 0.05) is 19.1 Å². The van der Waals surface area contributed by atoms with Crippen LogP contribution in [-0.2, 0) is 0 Å². The number of hydrogen-bond donors (Lipinski definition) is 1. The van der Waals surface area contributed by atoms with Crippen molar-refractivity contribution in [3.63, 3.8) is 0 Å². The largest absolute Gasteiger partial charge is 0.368 e. The quantitative estimate of drug-likeness (QED) is 0.941. The zero-order valence-corrected chi connectivity index (χ0v) is 13.2. The summed E-state index contributed by atoms with van der Waals surface area (Å²) in [5, 5.41) is 3.78. The lowest BCUT2D eigenvalue weighted by Gasteiger charge is -2.35. The van der Waals surface area contributed by atoms with Crippen LogP contribution in [0, 0.1) is 11.7 Å². The van der Waals surface area contributed by atoms with Gasteiger partial charge < -0.3 is 5.32 Å². The van der Waals surface area contributed by atoms with E-state index in [0.29, 0.717) is 22.8 Å². The van der Waals surface area contributed by atoms with Gasteiger partial charge in [0.15, 0.2) is 0 Å². The van der Waals surface area contributed by atoms with E-state index in [9.17, 15) is 4.39 Å². The Kier molecular flexibility index (Phi) is 4.52. The summed E-state index contributed by atoms with van der Waals surface area (Å²) in [6, 6.07) is 5.33. The Hall–Kier alpha value is -1.75. The van der Waals surface area contributed by atoms with E-state index in [1.807, 2.05) is 0 Å². The van der Waals surface area contributed by atoms with Gasteiger partial charge in [-0.05, 0) is 44.4 Å². The van der Waals surface area contributed by atoms with Crippen molar-refractivity contribution in [3.8, 4) is 0 Å². The predicted octanol–water partition coefficient (Wildman–Crippen LogP) is 3.30. The summed E-state index contributed by atoms with van der Waals surface area (Å²) in [6.45, 7) is 7.56. The molecule has 2 aromatic rings. The van der Waals surface area contributed by atoms with Gasteiger partial charge in [-0.2, -0.15) is 0 Å². The van der Waals surface area contributed by atoms with Crippen molar-refractivity contribution in [2.75, 3.05) is 25.0 Å². The number of anilines is 1. The van der Waals surface area contributed by atoms with Gasteiger partial charge in [-0.25, -0.2) is 14.4 Å². The van der Waals surface area contributed by atoms with E-state index >= 15 is 0 Å². The van der Waals surface area contributed by atoms with Gasteiger partial charge >= 0.3 is 0 Å². The first-order valence-corrected chi connectivity index (χ1v) is 8.02. The van der Waals surface area contributed by atoms with Crippen LogP contribution in [-0.4, -0.2) is 40.5 Å². The number of piperidine rings is 1. The first kappa shape index (κ1) is 15.2. The van der Waals surface area contributed by atoms with E-state index in [0.717, 1.165) is 25.6 Å². The summed E-state index contributed by atoms with van der Waals surface area (Å²) in [5.41, 5.74) is 0.636. The molecule has 0 aliphatic carbocycles. The van der Waals surface area contributed by atoms with Gasteiger partial charge in [-0.3, -0.25) is 4.90 Å². The fourth-order valence-electron chi connectivity index (χ4n) is 3.20. The zero-order chi connectivity index (χ0) is 15.5. The van der Waals surface area contributed by atoms with Gasteiger partial charge in [0.1, 0.15) is 18.0 Å². The van der Waals surface area contributed by atoms with Crippen molar-refractivity contribution < 1.29 is 4.39 Å². The molecule has 0 bridgehead atoms. The second-order valence-electron chi connectivity index (χ2n) is 6.33. The van der Waals surface area contributed by atoms with Crippen LogP contribution >= 0.6 is 0 Å². The topological polar surface area (TPSA) is 41.0 Å². The highest BCUT2D eigenvalue weighted by atomic mass is 19.1. The Morgan fingerprint density at radius 2 is 2.27 bits per heavy atom. The fraction of sp³-hybridized carbons (Fsp3) is 0.529. The number of aromatic nitrogens is 2. The highest BCUT2D eigenvalue weighted by Gasteiger charge is 2.21. The molecule has 2 unspecified atom stereocenters. The number of rotatable bonds is 4. The average molecular weight is 302 g/mol. The minimum Gasteiger partial charge on any atom is -0.368 e. The third-order valence-electron chi connectivity index (χ3n) is 4.49. The summed E-state index contributed by atoms with van der Waals surface area (Å²) in [6.07, 6.45) is 4.06. The molecule has 1 saturated heterocycles. The van der Waals surface area contributed by atoms with E-state index in [1.54, 1.807) is 12.1 Å². The molecule has 1 N–H and O–H groups in total. The molecule has 0 amide bonds. The van der Waals surface area contributed by atoms with E-state index in [-0.39, 0.29) is 5.82 Å². The highest BCUT2D eigenvalue weighted by molar-refractivity contribution is 5.89. The van der Waals surface area contributed by atoms with Gasteiger partial charge in [-0.15, -0.1) is 0 Å². The molecule has 2 atom stereocenters. The molecule has 0 radical (unpaired) electrons. The van der Waals surface area contributed by atoms with Crippen LogP contribution in [0.15, 0.2) is 24.5 Å². The Morgan fingerprint density at radius 3 is 3.09 bits per heavy atom. The molecule has 1 aromatic carbocycles. The molecular weight excluding hydrogens is 279 g/mol. The third-order valence-corrected chi connectivity index (χ3v) is 4.49. The summed E-state index contributed by atoms with van der Waals surface area (Å²) in [4.78, 5) is 10.8. The van der Waals surface area contributed by atoms with Crippen molar-refractivity contribution in [1.29, 1.82) is 0 Å². The van der Waals surface area contributed by atoms with E-state index in [1.165, 1.54) is 25.2 Å². The SMILES string of the molecule is CC1CCCN(C(C)CNc2ncnc3cccc(F)c23)C1. The van der Waals surface area contributed by atoms with E-state index in [2.05, 4.69) is 34.0 Å². The summed E-state index contributed by atoms with van der Waals surface area (Å²) >= 11 is 0. The van der Waals surface area contributed by atoms with E-state index < -0.39 is 0 Å². The van der Waals surface area contributed by atoms with Crippen molar-refractivity contribution >= 4 is 16.7 Å². The molecule has 1 fully saturated rings. The van der Waals surface area contributed by atoms with Crippen LogP contribution in [0.5, 0.6) is 0 Å². The summed E-state index contributed by atoms with van der Waals surface area (Å²) in [7, 11) is 0. The molecule has 1 aromatic heterocycles. The van der Waals surface area contributed by atoms with Gasteiger partial charge in [-0.1, -0.05) is 13.0 Å². The molecule has 0 saturated carbocycles. The Morgan fingerprint density at radius 1 is 1.41 bits per heavy atom. The van der Waals surface area contributed by atoms with Gasteiger partial charge in [0.05, 0.1) is 10.9 Å². The monoisotopic (exact) mass is 302 g/mol. The van der Waals surface area contributed by atoms with Crippen LogP contribution < -0.4 is 5.32 Å². The number of halogens is 1. The molecule has 4 nitrogen and oxygen atoms in total. The number of nitrogens with one attached hydrogen (secondary N) is 1. The minimum atomic E-state index is -0.278. The molecule has 1 aliphatic rings. The molecular formula is C17H23FN4. The van der Waals surface area contributed by atoms with Crippen LogP contribution in [0.2, 0.25) is 0 Å². The smallest absolute Gasteiger partial charge is 0.140 e. The average Bonchev–Trinajstić information content (AvgIpc) is 2.52. The lowest BCUT2D eigenvalue weighted by Crippen LogP contribution is -2.43. The van der Waals surface area contributed by atoms with Gasteiger partial charge in [0.2, 0.25) is 0 Å². The number of hydrogen-bond acceptors (Lipinski definition) is 4. The highest BCUT2D eigenvalue weighted by Crippen LogP contribution is 2.23. The number of nitrogens with zero attached hydrogens (tertiary/aromatic N) is 3. The molecule has 1 aliphatic heterocycles. The van der Waals surface area contributed by atoms with Crippen molar-refractivity contribution in [3.05, 3.63) is 30.3 Å². The van der Waals surface area contributed by atoms with Crippen molar-refractivity contribution in [2.45, 2.75) is 32.7 Å². The van der Waals surface area contributed by atoms with Crippen LogP contribution in [0.25, 0.3) is 10.9 Å². The number of benzene rings is 1. The summed E-state index contributed by atoms with van der Waals surface area (Å²) in [5.74, 6) is 1.06. The fourth-order valence-corrected chi connectivity index (χ4v) is 3.20. The maximum Gasteiger partial charge on any atom is 0.140 e.